The Bertz CT molecular complexity index is 1230. The van der Waals surface area contributed by atoms with Gasteiger partial charge in [-0.2, -0.15) is 12.6 Å². The van der Waals surface area contributed by atoms with Crippen LogP contribution in [0.4, 0.5) is 0 Å². The Morgan fingerprint density at radius 2 is 1.64 bits per heavy atom. The number of hydrogen-bond acceptors (Lipinski definition) is 5. The van der Waals surface area contributed by atoms with Gasteiger partial charge in [-0.3, -0.25) is 13.3 Å². The van der Waals surface area contributed by atoms with Crippen LogP contribution < -0.4 is 0 Å². The average molecular weight is 582 g/mol. The summed E-state index contributed by atoms with van der Waals surface area (Å²) in [5.74, 6) is 0.546. The van der Waals surface area contributed by atoms with Gasteiger partial charge in [0.1, 0.15) is 7.05 Å². The first-order valence-corrected chi connectivity index (χ1v) is 16.5. The molecule has 0 bridgehead atoms. The molecule has 0 aromatic carbocycles. The molecule has 2 aliphatic heterocycles. The smallest absolute Gasteiger partial charge is 0.302 e. The maximum Gasteiger partial charge on any atom is 0.302 e. The van der Waals surface area contributed by atoms with Crippen LogP contribution in [0.15, 0.2) is 48.2 Å². The van der Waals surface area contributed by atoms with Crippen LogP contribution in [0.1, 0.15) is 66.2 Å². The standard InChI is InChI=1S/C29H44N2O6S2/c1-28(2)22-18-20(37-38(32)33)14-16-24(22)30(5)26(28)12-10-8-7-9-11-13-27-29(3,4)23-19-21(39(34,35)36)15-17-25(23)31(27)6/h7-13,20-25H,14-19H2,1-6H3,(H-,32,33,34,35,36)/p+1. The highest BCUT2D eigenvalue weighted by Gasteiger charge is 2.56. The van der Waals surface area contributed by atoms with Crippen LogP contribution in [0.25, 0.3) is 0 Å². The molecule has 3 fully saturated rings. The van der Waals surface area contributed by atoms with Gasteiger partial charge >= 0.3 is 11.4 Å². The van der Waals surface area contributed by atoms with E-state index in [-0.39, 0.29) is 28.9 Å². The fraction of sp³-hybridized carbons (Fsp3) is 0.690. The molecular formula is C29H45N2O6S2+. The van der Waals surface area contributed by atoms with Crippen molar-refractivity contribution in [1.82, 2.24) is 4.90 Å². The zero-order valence-electron chi connectivity index (χ0n) is 24.0. The predicted molar refractivity (Wildman–Crippen MR) is 155 cm³/mol. The van der Waals surface area contributed by atoms with Crippen LogP contribution in [0, 0.1) is 22.7 Å². The molecule has 39 heavy (non-hydrogen) atoms. The van der Waals surface area contributed by atoms with E-state index in [1.165, 1.54) is 11.4 Å². The van der Waals surface area contributed by atoms with Crippen molar-refractivity contribution in [2.24, 2.45) is 22.7 Å². The summed E-state index contributed by atoms with van der Waals surface area (Å²) in [6.07, 6.45) is 18.5. The van der Waals surface area contributed by atoms with Crippen molar-refractivity contribution in [3.8, 4) is 0 Å². The van der Waals surface area contributed by atoms with Gasteiger partial charge in [0.2, 0.25) is 0 Å². The second kappa shape index (κ2) is 11.4. The first-order valence-electron chi connectivity index (χ1n) is 13.9. The Balaban J connectivity index is 1.39. The molecule has 2 saturated carbocycles. The number of likely N-dealkylation sites (tertiary alicyclic amines) is 1. The van der Waals surface area contributed by atoms with Crippen LogP contribution in [0.5, 0.6) is 0 Å². The summed E-state index contributed by atoms with van der Waals surface area (Å²) in [7, 11) is 0.222. The quantitative estimate of drug-likeness (QED) is 0.193. The van der Waals surface area contributed by atoms with E-state index in [9.17, 15) is 17.2 Å². The number of hydrogen-bond donors (Lipinski definition) is 2. The fourth-order valence-corrected chi connectivity index (χ4v) is 9.27. The van der Waals surface area contributed by atoms with Crippen molar-refractivity contribution < 1.29 is 30.5 Å². The summed E-state index contributed by atoms with van der Waals surface area (Å²) in [5.41, 5.74) is 2.21. The third-order valence-corrected chi connectivity index (χ3v) is 11.8. The summed E-state index contributed by atoms with van der Waals surface area (Å²) >= 11 is -2.22. The van der Waals surface area contributed by atoms with E-state index in [0.29, 0.717) is 24.8 Å². The van der Waals surface area contributed by atoms with E-state index in [4.69, 9.17) is 8.74 Å². The molecule has 7 atom stereocenters. The lowest BCUT2D eigenvalue weighted by Gasteiger charge is -2.36. The van der Waals surface area contributed by atoms with Crippen LogP contribution in [-0.2, 0) is 25.7 Å². The zero-order chi connectivity index (χ0) is 28.8. The molecule has 2 aliphatic carbocycles. The normalized spacial score (nSPS) is 36.4. The third-order valence-electron chi connectivity index (χ3n) is 10.1. The molecule has 1 saturated heterocycles. The molecule has 8 nitrogen and oxygen atoms in total. The van der Waals surface area contributed by atoms with Gasteiger partial charge in [-0.15, -0.1) is 0 Å². The summed E-state index contributed by atoms with van der Waals surface area (Å²) in [6, 6.07) is 0.696. The van der Waals surface area contributed by atoms with Gasteiger partial charge in [0.05, 0.1) is 16.8 Å². The Morgan fingerprint density at radius 3 is 2.31 bits per heavy atom. The number of allylic oxidation sites excluding steroid dienone is 8. The minimum Gasteiger partial charge on any atom is -0.374 e. The van der Waals surface area contributed by atoms with E-state index >= 15 is 0 Å². The van der Waals surface area contributed by atoms with Gasteiger partial charge < -0.3 is 4.90 Å². The maximum atomic E-state index is 11.8. The van der Waals surface area contributed by atoms with Crippen molar-refractivity contribution in [3.63, 3.8) is 0 Å². The Kier molecular flexibility index (Phi) is 8.84. The molecule has 218 valence electrons. The molecule has 10 heteroatoms. The highest BCUT2D eigenvalue weighted by Crippen LogP contribution is 2.53. The van der Waals surface area contributed by atoms with E-state index in [0.717, 1.165) is 25.7 Å². The topological polar surface area (TPSA) is 107 Å². The zero-order valence-corrected chi connectivity index (χ0v) is 25.6. The molecular weight excluding hydrogens is 536 g/mol. The molecule has 0 spiro atoms. The van der Waals surface area contributed by atoms with E-state index in [2.05, 4.69) is 69.5 Å². The van der Waals surface area contributed by atoms with Crippen LogP contribution >= 0.6 is 0 Å². The van der Waals surface area contributed by atoms with Crippen molar-refractivity contribution in [2.75, 3.05) is 14.1 Å². The number of fused-ring (bicyclic) bond motifs is 2. The Hall–Kier alpha value is -1.59. The second-order valence-electron chi connectivity index (χ2n) is 12.8. The SMILES string of the molecule is CN1/C(=C/C=C/C=C/C=C/C2=[N+](C)C3CCC(S(=O)(=O)O)CC3C2(C)C)C(C)(C)C2CC(OS(=O)O)CCC21. The molecule has 7 unspecified atom stereocenters. The maximum absolute atomic E-state index is 11.8. The summed E-state index contributed by atoms with van der Waals surface area (Å²) in [4.78, 5) is 2.37. The van der Waals surface area contributed by atoms with Gasteiger partial charge in [0, 0.05) is 42.6 Å². The van der Waals surface area contributed by atoms with Crippen molar-refractivity contribution in [3.05, 3.63) is 48.2 Å². The summed E-state index contributed by atoms with van der Waals surface area (Å²) < 4.78 is 61.0. The second-order valence-corrected chi connectivity index (χ2v) is 15.1. The third kappa shape index (κ3) is 6.05. The highest BCUT2D eigenvalue weighted by atomic mass is 32.2. The van der Waals surface area contributed by atoms with E-state index < -0.39 is 26.7 Å². The van der Waals surface area contributed by atoms with Crippen LogP contribution in [0.2, 0.25) is 0 Å². The molecule has 0 aromatic heterocycles. The van der Waals surface area contributed by atoms with Gasteiger partial charge in [0.25, 0.3) is 10.1 Å². The molecule has 2 N–H and O–H groups in total. The van der Waals surface area contributed by atoms with Gasteiger partial charge in [-0.1, -0.05) is 44.2 Å². The van der Waals surface area contributed by atoms with E-state index in [1.54, 1.807) is 0 Å². The van der Waals surface area contributed by atoms with E-state index in [1.807, 2.05) is 24.3 Å². The average Bonchev–Trinajstić information content (AvgIpc) is 3.15. The molecule has 4 aliphatic rings. The lowest BCUT2D eigenvalue weighted by Crippen LogP contribution is -2.41. The number of nitrogens with zero attached hydrogens (tertiary/aromatic N) is 2. The monoisotopic (exact) mass is 581 g/mol. The lowest BCUT2D eigenvalue weighted by molar-refractivity contribution is -0.538. The summed E-state index contributed by atoms with van der Waals surface area (Å²) in [6.45, 7) is 8.84. The fourth-order valence-electron chi connectivity index (χ4n) is 7.98. The van der Waals surface area contributed by atoms with Crippen molar-refractivity contribution in [1.29, 1.82) is 0 Å². The van der Waals surface area contributed by atoms with Crippen LogP contribution in [0.3, 0.4) is 0 Å². The molecule has 0 aromatic rings. The molecule has 0 radical (unpaired) electrons. The van der Waals surface area contributed by atoms with Crippen LogP contribution in [-0.4, -0.2) is 74.5 Å². The molecule has 2 heterocycles. The molecule has 4 rings (SSSR count). The summed E-state index contributed by atoms with van der Waals surface area (Å²) in [5, 5.41) is -0.664. The predicted octanol–water partition coefficient (Wildman–Crippen LogP) is 4.75. The molecule has 0 amide bonds. The lowest BCUT2D eigenvalue weighted by atomic mass is 9.69. The Labute approximate surface area is 236 Å². The highest BCUT2D eigenvalue weighted by molar-refractivity contribution is 7.86. The van der Waals surface area contributed by atoms with Gasteiger partial charge in [-0.05, 0) is 57.9 Å². The number of rotatable bonds is 7. The minimum absolute atomic E-state index is 0.0627. The van der Waals surface area contributed by atoms with Crippen molar-refractivity contribution in [2.45, 2.75) is 89.7 Å². The largest absolute Gasteiger partial charge is 0.374 e. The van der Waals surface area contributed by atoms with Gasteiger partial charge in [-0.25, -0.2) is 4.58 Å². The first kappa shape index (κ1) is 30.4. The van der Waals surface area contributed by atoms with Crippen molar-refractivity contribution >= 4 is 27.2 Å². The van der Waals surface area contributed by atoms with Gasteiger partial charge in [0.15, 0.2) is 11.8 Å². The Morgan fingerprint density at radius 1 is 0.974 bits per heavy atom. The first-order chi connectivity index (χ1) is 18.2. The minimum atomic E-state index is -4.01.